The van der Waals surface area contributed by atoms with Crippen molar-refractivity contribution in [1.82, 2.24) is 25.3 Å². The zero-order valence-corrected chi connectivity index (χ0v) is 19.0. The molecule has 1 atom stereocenters. The molecule has 0 saturated carbocycles. The minimum absolute atomic E-state index is 0.0221. The first-order chi connectivity index (χ1) is 16.1. The quantitative estimate of drug-likeness (QED) is 0.290. The van der Waals surface area contributed by atoms with Gasteiger partial charge in [0.05, 0.1) is 23.6 Å². The Bertz CT molecular complexity index is 1220. The molecule has 4 N–H and O–H groups in total. The van der Waals surface area contributed by atoms with Crippen molar-refractivity contribution in [2.75, 3.05) is 6.54 Å². The molecule has 1 aromatic carbocycles. The number of hydrogen-bond donors (Lipinski definition) is 3. The molecule has 0 spiro atoms. The maximum atomic E-state index is 12.4. The SMILES string of the molecule is NC(=O)CCCCCC(CNC(=O)c1cncs1)c1ncc(-c2ccc3cnccc3c2)[nH]1. The summed E-state index contributed by atoms with van der Waals surface area (Å²) in [6.45, 7) is 0.461. The van der Waals surface area contributed by atoms with Gasteiger partial charge in [-0.05, 0) is 30.4 Å². The zero-order valence-electron chi connectivity index (χ0n) is 18.2. The van der Waals surface area contributed by atoms with E-state index in [1.54, 1.807) is 17.9 Å². The molecule has 0 aliphatic heterocycles. The summed E-state index contributed by atoms with van der Waals surface area (Å²) in [5, 5.41) is 5.20. The molecular formula is C24H26N6O2S. The van der Waals surface area contributed by atoms with E-state index in [0.717, 1.165) is 53.5 Å². The average Bonchev–Trinajstić information content (AvgIpc) is 3.53. The van der Waals surface area contributed by atoms with E-state index in [0.29, 0.717) is 17.8 Å². The van der Waals surface area contributed by atoms with Gasteiger partial charge in [-0.15, -0.1) is 11.3 Å². The lowest BCUT2D eigenvalue weighted by atomic mass is 9.99. The highest BCUT2D eigenvalue weighted by atomic mass is 32.1. The Morgan fingerprint density at radius 3 is 2.79 bits per heavy atom. The van der Waals surface area contributed by atoms with Crippen molar-refractivity contribution in [2.45, 2.75) is 38.0 Å². The van der Waals surface area contributed by atoms with Crippen LogP contribution in [0.2, 0.25) is 0 Å². The van der Waals surface area contributed by atoms with Crippen molar-refractivity contribution in [2.24, 2.45) is 5.73 Å². The van der Waals surface area contributed by atoms with Crippen LogP contribution >= 0.6 is 11.3 Å². The van der Waals surface area contributed by atoms with Crippen LogP contribution < -0.4 is 11.1 Å². The highest BCUT2D eigenvalue weighted by Crippen LogP contribution is 2.26. The lowest BCUT2D eigenvalue weighted by Crippen LogP contribution is -2.28. The van der Waals surface area contributed by atoms with Crippen LogP contribution in [0.15, 0.2) is 54.6 Å². The number of fused-ring (bicyclic) bond motifs is 1. The smallest absolute Gasteiger partial charge is 0.263 e. The number of hydrogen-bond acceptors (Lipinski definition) is 6. The van der Waals surface area contributed by atoms with Crippen LogP contribution in [0.3, 0.4) is 0 Å². The first-order valence-electron chi connectivity index (χ1n) is 10.9. The van der Waals surface area contributed by atoms with E-state index < -0.39 is 0 Å². The summed E-state index contributed by atoms with van der Waals surface area (Å²) >= 11 is 1.31. The standard InChI is InChI=1S/C24H26N6O2S/c25-22(31)5-3-1-2-4-19(12-29-24(32)21-14-27-15-33-21)23-28-13-20(30-23)17-6-7-18-11-26-9-8-16(18)10-17/h6-11,13-15,19H,1-5,12H2,(H2,25,31)(H,28,30)(H,29,32). The maximum Gasteiger partial charge on any atom is 0.263 e. The molecule has 4 aromatic rings. The molecule has 0 saturated heterocycles. The number of amides is 2. The molecule has 2 amide bonds. The molecule has 170 valence electrons. The summed E-state index contributed by atoms with van der Waals surface area (Å²) in [5.41, 5.74) is 8.85. The van der Waals surface area contributed by atoms with Crippen LogP contribution in [0.1, 0.15) is 53.5 Å². The number of unbranched alkanes of at least 4 members (excludes halogenated alkanes) is 2. The number of carbonyl (C=O) groups excluding carboxylic acids is 2. The third-order valence-electron chi connectivity index (χ3n) is 5.57. The molecule has 0 aliphatic rings. The van der Waals surface area contributed by atoms with Crippen molar-refractivity contribution in [3.05, 3.63) is 65.3 Å². The fourth-order valence-electron chi connectivity index (χ4n) is 3.77. The molecule has 0 bridgehead atoms. The fourth-order valence-corrected chi connectivity index (χ4v) is 4.31. The number of aromatic amines is 1. The van der Waals surface area contributed by atoms with Gasteiger partial charge in [0.15, 0.2) is 0 Å². The molecule has 0 radical (unpaired) electrons. The number of primary amides is 1. The highest BCUT2D eigenvalue weighted by molar-refractivity contribution is 7.11. The van der Waals surface area contributed by atoms with E-state index in [1.807, 2.05) is 30.6 Å². The number of aromatic nitrogens is 4. The Morgan fingerprint density at radius 1 is 1.06 bits per heavy atom. The number of rotatable bonds is 11. The molecule has 3 heterocycles. The van der Waals surface area contributed by atoms with E-state index in [-0.39, 0.29) is 17.7 Å². The fraction of sp³-hybridized carbons (Fsp3) is 0.292. The Hall–Kier alpha value is -3.59. The normalized spacial score (nSPS) is 12.0. The van der Waals surface area contributed by atoms with Gasteiger partial charge in [0.2, 0.25) is 5.91 Å². The minimum atomic E-state index is -0.273. The highest BCUT2D eigenvalue weighted by Gasteiger charge is 2.18. The van der Waals surface area contributed by atoms with Gasteiger partial charge in [-0.3, -0.25) is 19.6 Å². The monoisotopic (exact) mass is 462 g/mol. The van der Waals surface area contributed by atoms with E-state index in [4.69, 9.17) is 5.73 Å². The van der Waals surface area contributed by atoms with Crippen LogP contribution in [0, 0.1) is 0 Å². The van der Waals surface area contributed by atoms with E-state index in [9.17, 15) is 9.59 Å². The van der Waals surface area contributed by atoms with Crippen molar-refractivity contribution < 1.29 is 9.59 Å². The van der Waals surface area contributed by atoms with Gasteiger partial charge < -0.3 is 16.0 Å². The molecule has 3 aromatic heterocycles. The van der Waals surface area contributed by atoms with Gasteiger partial charge in [-0.25, -0.2) is 4.98 Å². The van der Waals surface area contributed by atoms with Crippen LogP contribution in [0.25, 0.3) is 22.0 Å². The Balaban J connectivity index is 1.46. The minimum Gasteiger partial charge on any atom is -0.370 e. The summed E-state index contributed by atoms with van der Waals surface area (Å²) < 4.78 is 0. The summed E-state index contributed by atoms with van der Waals surface area (Å²) in [6, 6.07) is 8.19. The first kappa shape index (κ1) is 22.6. The van der Waals surface area contributed by atoms with Crippen LogP contribution in [-0.2, 0) is 4.79 Å². The van der Waals surface area contributed by atoms with Crippen molar-refractivity contribution in [3.8, 4) is 11.3 Å². The number of benzene rings is 1. The summed E-state index contributed by atoms with van der Waals surface area (Å²) in [5.74, 6) is 0.449. The summed E-state index contributed by atoms with van der Waals surface area (Å²) in [6.07, 6.45) is 10.8. The Labute approximate surface area is 195 Å². The van der Waals surface area contributed by atoms with Crippen LogP contribution in [0.5, 0.6) is 0 Å². The van der Waals surface area contributed by atoms with Crippen LogP contribution in [-0.4, -0.2) is 38.3 Å². The lowest BCUT2D eigenvalue weighted by molar-refractivity contribution is -0.118. The number of nitrogens with zero attached hydrogens (tertiary/aromatic N) is 3. The third kappa shape index (κ3) is 6.01. The van der Waals surface area contributed by atoms with Gasteiger partial charge in [-0.1, -0.05) is 25.0 Å². The van der Waals surface area contributed by atoms with Crippen molar-refractivity contribution in [3.63, 3.8) is 0 Å². The van der Waals surface area contributed by atoms with Crippen molar-refractivity contribution in [1.29, 1.82) is 0 Å². The predicted molar refractivity (Wildman–Crippen MR) is 129 cm³/mol. The topological polar surface area (TPSA) is 127 Å². The number of nitrogens with two attached hydrogens (primary N) is 1. The van der Waals surface area contributed by atoms with E-state index >= 15 is 0 Å². The molecule has 33 heavy (non-hydrogen) atoms. The van der Waals surface area contributed by atoms with Gasteiger partial charge in [0, 0.05) is 42.2 Å². The molecule has 9 heteroatoms. The number of imidazole rings is 1. The molecular weight excluding hydrogens is 436 g/mol. The average molecular weight is 463 g/mol. The lowest BCUT2D eigenvalue weighted by Gasteiger charge is -2.15. The number of thiazole rings is 1. The zero-order chi connectivity index (χ0) is 23.0. The molecule has 4 rings (SSSR count). The predicted octanol–water partition coefficient (Wildman–Crippen LogP) is 4.03. The van der Waals surface area contributed by atoms with Gasteiger partial charge in [0.1, 0.15) is 10.7 Å². The second kappa shape index (κ2) is 10.8. The maximum absolute atomic E-state index is 12.4. The largest absolute Gasteiger partial charge is 0.370 e. The second-order valence-corrected chi connectivity index (χ2v) is 8.84. The van der Waals surface area contributed by atoms with Crippen LogP contribution in [0.4, 0.5) is 0 Å². The number of carbonyl (C=O) groups is 2. The molecule has 0 fully saturated rings. The second-order valence-electron chi connectivity index (χ2n) is 7.96. The third-order valence-corrected chi connectivity index (χ3v) is 6.35. The van der Waals surface area contributed by atoms with Gasteiger partial charge in [0.25, 0.3) is 5.91 Å². The van der Waals surface area contributed by atoms with Gasteiger partial charge >= 0.3 is 0 Å². The summed E-state index contributed by atoms with van der Waals surface area (Å²) in [7, 11) is 0. The molecule has 1 unspecified atom stereocenters. The van der Waals surface area contributed by atoms with E-state index in [1.165, 1.54) is 11.3 Å². The number of H-pyrrole nitrogens is 1. The Morgan fingerprint density at radius 2 is 1.97 bits per heavy atom. The number of nitrogens with one attached hydrogen (secondary N) is 2. The first-order valence-corrected chi connectivity index (χ1v) is 11.8. The molecule has 0 aliphatic carbocycles. The summed E-state index contributed by atoms with van der Waals surface area (Å²) in [4.78, 5) is 40.2. The molecule has 8 nitrogen and oxygen atoms in total. The number of pyridine rings is 1. The van der Waals surface area contributed by atoms with Crippen molar-refractivity contribution >= 4 is 33.9 Å². The van der Waals surface area contributed by atoms with Gasteiger partial charge in [-0.2, -0.15) is 0 Å². The van der Waals surface area contributed by atoms with E-state index in [2.05, 4.69) is 31.3 Å². The Kier molecular flexibility index (Phi) is 7.41.